The fourth-order valence-electron chi connectivity index (χ4n) is 2.79. The van der Waals surface area contributed by atoms with Gasteiger partial charge in [0.2, 0.25) is 0 Å². The van der Waals surface area contributed by atoms with Crippen LogP contribution in [0.2, 0.25) is 0 Å². The lowest BCUT2D eigenvalue weighted by atomic mass is 9.97. The van der Waals surface area contributed by atoms with E-state index in [4.69, 9.17) is 10.1 Å². The minimum absolute atomic E-state index is 0.264. The van der Waals surface area contributed by atoms with Gasteiger partial charge in [0.05, 0.1) is 6.61 Å². The third-order valence-electron chi connectivity index (χ3n) is 3.89. The molecule has 0 unspecified atom stereocenters. The molecule has 0 saturated heterocycles. The van der Waals surface area contributed by atoms with Crippen LogP contribution in [0.25, 0.3) is 11.1 Å². The number of nitrogens with zero attached hydrogens (tertiary/aromatic N) is 1. The third-order valence-corrected chi connectivity index (χ3v) is 3.89. The van der Waals surface area contributed by atoms with Crippen LogP contribution in [0.4, 0.5) is 0 Å². The zero-order valence-electron chi connectivity index (χ0n) is 13.2. The highest BCUT2D eigenvalue weighted by Crippen LogP contribution is 2.32. The molecule has 0 fully saturated rings. The molecular weight excluding hydrogens is 272 g/mol. The highest BCUT2D eigenvalue weighted by Gasteiger charge is 2.21. The second kappa shape index (κ2) is 6.22. The first kappa shape index (κ1) is 14.6. The predicted octanol–water partition coefficient (Wildman–Crippen LogP) is 4.28. The van der Waals surface area contributed by atoms with E-state index >= 15 is 0 Å². The van der Waals surface area contributed by atoms with Gasteiger partial charge in [0.15, 0.2) is 0 Å². The van der Waals surface area contributed by atoms with Crippen LogP contribution in [0.5, 0.6) is 0 Å². The van der Waals surface area contributed by atoms with Gasteiger partial charge >= 0.3 is 0 Å². The van der Waals surface area contributed by atoms with E-state index in [1.807, 2.05) is 4.90 Å². The number of rotatable bonds is 2. The van der Waals surface area contributed by atoms with E-state index in [1.165, 1.54) is 22.3 Å². The number of ether oxygens (including phenoxy) is 1. The fraction of sp³-hybridized carbons (Fsp3) is 0.316. The number of nitrogens with one attached hydrogen (secondary N) is 1. The molecule has 0 amide bonds. The smallest absolute Gasteiger partial charge is 0.285 e. The fourth-order valence-corrected chi connectivity index (χ4v) is 2.79. The number of hydrogen-bond acceptors (Lipinski definition) is 2. The Hall–Kier alpha value is -2.29. The molecule has 0 aliphatic carbocycles. The second-order valence-corrected chi connectivity index (χ2v) is 6.18. The summed E-state index contributed by atoms with van der Waals surface area (Å²) in [5.41, 5.74) is 5.00. The van der Waals surface area contributed by atoms with Crippen molar-refractivity contribution in [1.82, 2.24) is 4.90 Å². The molecular formula is C19H22N2O. The van der Waals surface area contributed by atoms with E-state index < -0.39 is 0 Å². The molecule has 1 aliphatic heterocycles. The normalized spacial score (nSPS) is 13.3. The summed E-state index contributed by atoms with van der Waals surface area (Å²) in [6.07, 6.45) is 0. The maximum absolute atomic E-state index is 8.26. The Morgan fingerprint density at radius 3 is 2.00 bits per heavy atom. The average molecular weight is 294 g/mol. The van der Waals surface area contributed by atoms with Crippen molar-refractivity contribution in [2.75, 3.05) is 6.61 Å². The maximum atomic E-state index is 8.26. The number of hydrogen-bond donors (Lipinski definition) is 1. The van der Waals surface area contributed by atoms with Gasteiger partial charge in [-0.2, -0.15) is 0 Å². The molecule has 0 saturated carbocycles. The molecule has 2 aromatic rings. The molecule has 1 N–H and O–H groups in total. The molecule has 0 aromatic heterocycles. The van der Waals surface area contributed by atoms with Crippen molar-refractivity contribution >= 4 is 6.02 Å². The van der Waals surface area contributed by atoms with Crippen LogP contribution < -0.4 is 0 Å². The molecule has 1 aliphatic rings. The standard InChI is InChI=1S/C19H22N2O/c1-14(2)13-22-19(20)21-11-15-7-3-5-9-17(15)18-10-6-4-8-16(18)12-21/h3-10,14,20H,11-13H2,1-2H3. The van der Waals surface area contributed by atoms with Gasteiger partial charge in [0.1, 0.15) is 0 Å². The second-order valence-electron chi connectivity index (χ2n) is 6.18. The molecule has 3 nitrogen and oxygen atoms in total. The van der Waals surface area contributed by atoms with Crippen LogP contribution in [0.15, 0.2) is 48.5 Å². The van der Waals surface area contributed by atoms with Gasteiger partial charge < -0.3 is 9.64 Å². The van der Waals surface area contributed by atoms with Gasteiger partial charge in [0.25, 0.3) is 6.02 Å². The number of fused-ring (bicyclic) bond motifs is 3. The lowest BCUT2D eigenvalue weighted by Crippen LogP contribution is -2.31. The minimum atomic E-state index is 0.264. The van der Waals surface area contributed by atoms with Crippen molar-refractivity contribution in [2.24, 2.45) is 5.92 Å². The Morgan fingerprint density at radius 2 is 1.50 bits per heavy atom. The summed E-state index contributed by atoms with van der Waals surface area (Å²) in [5.74, 6) is 0.423. The van der Waals surface area contributed by atoms with Gasteiger partial charge in [-0.25, -0.2) is 0 Å². The van der Waals surface area contributed by atoms with Gasteiger partial charge in [-0.3, -0.25) is 5.41 Å². The first-order valence-corrected chi connectivity index (χ1v) is 7.77. The highest BCUT2D eigenvalue weighted by molar-refractivity contribution is 5.76. The zero-order valence-corrected chi connectivity index (χ0v) is 13.2. The first-order chi connectivity index (χ1) is 10.6. The van der Waals surface area contributed by atoms with Crippen molar-refractivity contribution in [3.05, 3.63) is 59.7 Å². The summed E-state index contributed by atoms with van der Waals surface area (Å²) in [6, 6.07) is 17.1. The van der Waals surface area contributed by atoms with Crippen molar-refractivity contribution in [2.45, 2.75) is 26.9 Å². The van der Waals surface area contributed by atoms with Gasteiger partial charge in [-0.15, -0.1) is 0 Å². The van der Waals surface area contributed by atoms with Crippen LogP contribution in [0.1, 0.15) is 25.0 Å². The van der Waals surface area contributed by atoms with Crippen LogP contribution in [-0.2, 0) is 17.8 Å². The van der Waals surface area contributed by atoms with Crippen molar-refractivity contribution in [3.8, 4) is 11.1 Å². The summed E-state index contributed by atoms with van der Waals surface area (Å²) in [6.45, 7) is 6.20. The van der Waals surface area contributed by atoms with Gasteiger partial charge in [-0.1, -0.05) is 62.4 Å². The Balaban J connectivity index is 1.93. The SMILES string of the molecule is CC(C)COC(=N)N1Cc2ccccc2-c2ccccc2C1. The van der Waals surface area contributed by atoms with Crippen LogP contribution in [0, 0.1) is 11.3 Å². The largest absolute Gasteiger partial charge is 0.465 e. The Kier molecular flexibility index (Phi) is 4.14. The minimum Gasteiger partial charge on any atom is -0.465 e. The van der Waals surface area contributed by atoms with E-state index in [2.05, 4.69) is 62.4 Å². The van der Waals surface area contributed by atoms with E-state index in [1.54, 1.807) is 0 Å². The monoisotopic (exact) mass is 294 g/mol. The van der Waals surface area contributed by atoms with Crippen LogP contribution in [-0.4, -0.2) is 17.5 Å². The van der Waals surface area contributed by atoms with Crippen LogP contribution >= 0.6 is 0 Å². The predicted molar refractivity (Wildman–Crippen MR) is 89.6 cm³/mol. The zero-order chi connectivity index (χ0) is 15.5. The molecule has 114 valence electrons. The highest BCUT2D eigenvalue weighted by atomic mass is 16.5. The first-order valence-electron chi connectivity index (χ1n) is 7.77. The Bertz CT molecular complexity index is 631. The molecule has 3 rings (SSSR count). The molecule has 0 atom stereocenters. The molecule has 2 aromatic carbocycles. The summed E-state index contributed by atoms with van der Waals surface area (Å²) < 4.78 is 5.64. The van der Waals surface area contributed by atoms with Gasteiger partial charge in [0, 0.05) is 13.1 Å². The molecule has 0 bridgehead atoms. The molecule has 3 heteroatoms. The summed E-state index contributed by atoms with van der Waals surface area (Å²) >= 11 is 0. The van der Waals surface area contributed by atoms with E-state index in [0.717, 1.165) is 0 Å². The summed E-state index contributed by atoms with van der Waals surface area (Å²) in [4.78, 5) is 2.01. The number of benzene rings is 2. The van der Waals surface area contributed by atoms with Gasteiger partial charge in [-0.05, 0) is 28.2 Å². The molecule has 22 heavy (non-hydrogen) atoms. The van der Waals surface area contributed by atoms with Crippen molar-refractivity contribution < 1.29 is 4.74 Å². The lowest BCUT2D eigenvalue weighted by Gasteiger charge is -2.24. The third kappa shape index (κ3) is 2.98. The number of amidine groups is 1. The molecule has 1 heterocycles. The van der Waals surface area contributed by atoms with Crippen LogP contribution in [0.3, 0.4) is 0 Å². The molecule has 0 radical (unpaired) electrons. The maximum Gasteiger partial charge on any atom is 0.285 e. The lowest BCUT2D eigenvalue weighted by molar-refractivity contribution is 0.194. The Labute approximate surface area is 132 Å². The quantitative estimate of drug-likeness (QED) is 0.663. The summed E-state index contributed by atoms with van der Waals surface area (Å²) in [5, 5.41) is 8.26. The average Bonchev–Trinajstić information content (AvgIpc) is 2.69. The van der Waals surface area contributed by atoms with Crippen molar-refractivity contribution in [1.29, 1.82) is 5.41 Å². The van der Waals surface area contributed by atoms with E-state index in [0.29, 0.717) is 25.6 Å². The summed E-state index contributed by atoms with van der Waals surface area (Å²) in [7, 11) is 0. The topological polar surface area (TPSA) is 36.3 Å². The van der Waals surface area contributed by atoms with Crippen molar-refractivity contribution in [3.63, 3.8) is 0 Å². The van der Waals surface area contributed by atoms with E-state index in [-0.39, 0.29) is 6.02 Å². The molecule has 0 spiro atoms. The van der Waals surface area contributed by atoms with E-state index in [9.17, 15) is 0 Å². The Morgan fingerprint density at radius 1 is 1.00 bits per heavy atom.